The van der Waals surface area contributed by atoms with E-state index < -0.39 is 5.97 Å². The molecule has 0 N–H and O–H groups in total. The van der Waals surface area contributed by atoms with Crippen molar-refractivity contribution in [3.8, 4) is 5.13 Å². The first kappa shape index (κ1) is 14.4. The van der Waals surface area contributed by atoms with E-state index in [0.29, 0.717) is 17.3 Å². The smallest absolute Gasteiger partial charge is 0.359 e. The molecule has 0 saturated heterocycles. The Kier molecular flexibility index (Phi) is 4.29. The Labute approximate surface area is 120 Å². The van der Waals surface area contributed by atoms with E-state index in [9.17, 15) is 9.59 Å². The lowest BCUT2D eigenvalue weighted by molar-refractivity contribution is 0.0517. The minimum absolute atomic E-state index is 0.0168. The van der Waals surface area contributed by atoms with E-state index in [4.69, 9.17) is 4.74 Å². The molecule has 0 spiro atoms. The van der Waals surface area contributed by atoms with Gasteiger partial charge in [-0.2, -0.15) is 5.10 Å². The summed E-state index contributed by atoms with van der Waals surface area (Å²) < 4.78 is 6.31. The van der Waals surface area contributed by atoms with Gasteiger partial charge in [-0.15, -0.1) is 11.3 Å². The largest absolute Gasteiger partial charge is 0.461 e. The van der Waals surface area contributed by atoms with Crippen molar-refractivity contribution in [1.29, 1.82) is 0 Å². The zero-order chi connectivity index (χ0) is 14.7. The summed E-state index contributed by atoms with van der Waals surface area (Å²) in [7, 11) is 0. The number of hydrogen-bond acceptors (Lipinski definition) is 6. The zero-order valence-electron chi connectivity index (χ0n) is 11.5. The molecule has 0 aliphatic carbocycles. The van der Waals surface area contributed by atoms with Gasteiger partial charge in [-0.1, -0.05) is 13.8 Å². The third-order valence-electron chi connectivity index (χ3n) is 2.64. The lowest BCUT2D eigenvalue weighted by Crippen LogP contribution is -2.08. The zero-order valence-corrected chi connectivity index (χ0v) is 12.3. The first-order valence-electron chi connectivity index (χ1n) is 6.24. The van der Waals surface area contributed by atoms with E-state index in [-0.39, 0.29) is 17.9 Å². The molecule has 0 atom stereocenters. The van der Waals surface area contributed by atoms with Crippen molar-refractivity contribution < 1.29 is 14.3 Å². The van der Waals surface area contributed by atoms with Crippen LogP contribution in [0.5, 0.6) is 0 Å². The van der Waals surface area contributed by atoms with Gasteiger partial charge in [-0.05, 0) is 12.8 Å². The Morgan fingerprint density at radius 2 is 2.30 bits per heavy atom. The monoisotopic (exact) mass is 293 g/mol. The standard InChI is InChI=1S/C13H15N3O3S/c1-4-19-12(18)11-9(6-17)5-16(15-11)13-14-10(7-20-13)8(2)3/h5-8H,4H2,1-3H3. The molecule has 0 bridgehead atoms. The van der Waals surface area contributed by atoms with Crippen molar-refractivity contribution in [2.24, 2.45) is 0 Å². The highest BCUT2D eigenvalue weighted by molar-refractivity contribution is 7.12. The highest BCUT2D eigenvalue weighted by Crippen LogP contribution is 2.21. The lowest BCUT2D eigenvalue weighted by Gasteiger charge is -1.98. The van der Waals surface area contributed by atoms with Crippen molar-refractivity contribution in [3.05, 3.63) is 28.5 Å². The van der Waals surface area contributed by atoms with Crippen LogP contribution >= 0.6 is 11.3 Å². The van der Waals surface area contributed by atoms with Gasteiger partial charge in [-0.3, -0.25) is 4.79 Å². The molecule has 0 unspecified atom stereocenters. The van der Waals surface area contributed by atoms with Crippen molar-refractivity contribution in [3.63, 3.8) is 0 Å². The fourth-order valence-electron chi connectivity index (χ4n) is 1.58. The van der Waals surface area contributed by atoms with Crippen LogP contribution in [0, 0.1) is 0 Å². The van der Waals surface area contributed by atoms with Gasteiger partial charge in [0, 0.05) is 11.6 Å². The first-order valence-corrected chi connectivity index (χ1v) is 7.12. The van der Waals surface area contributed by atoms with E-state index in [2.05, 4.69) is 10.1 Å². The van der Waals surface area contributed by atoms with E-state index >= 15 is 0 Å². The van der Waals surface area contributed by atoms with Gasteiger partial charge >= 0.3 is 5.97 Å². The molecule has 0 fully saturated rings. The van der Waals surface area contributed by atoms with Crippen molar-refractivity contribution in [2.75, 3.05) is 6.61 Å². The van der Waals surface area contributed by atoms with Crippen LogP contribution in [0.1, 0.15) is 53.2 Å². The Hall–Kier alpha value is -2.02. The number of carbonyl (C=O) groups excluding carboxylic acids is 2. The van der Waals surface area contributed by atoms with Crippen LogP contribution in [-0.4, -0.2) is 33.6 Å². The van der Waals surface area contributed by atoms with Gasteiger partial charge in [0.1, 0.15) is 0 Å². The molecule has 2 aromatic heterocycles. The maximum Gasteiger partial charge on any atom is 0.359 e. The Bertz CT molecular complexity index is 631. The molecule has 2 heterocycles. The second-order valence-corrected chi connectivity index (χ2v) is 5.26. The summed E-state index contributed by atoms with van der Waals surface area (Å²) in [5.74, 6) is -0.292. The van der Waals surface area contributed by atoms with Crippen LogP contribution in [0.2, 0.25) is 0 Å². The molecule has 0 aliphatic heterocycles. The van der Waals surface area contributed by atoms with E-state index in [1.807, 2.05) is 19.2 Å². The van der Waals surface area contributed by atoms with Crippen LogP contribution < -0.4 is 0 Å². The molecule has 6 nitrogen and oxygen atoms in total. The molecule has 2 aromatic rings. The number of ether oxygens (including phenoxy) is 1. The number of carbonyl (C=O) groups is 2. The lowest BCUT2D eigenvalue weighted by atomic mass is 10.2. The number of aldehydes is 1. The molecular weight excluding hydrogens is 278 g/mol. The molecule has 0 saturated carbocycles. The van der Waals surface area contributed by atoms with Gasteiger partial charge in [0.05, 0.1) is 17.9 Å². The summed E-state index contributed by atoms with van der Waals surface area (Å²) in [6.45, 7) is 6.02. The summed E-state index contributed by atoms with van der Waals surface area (Å²) >= 11 is 1.41. The molecule has 2 rings (SSSR count). The van der Waals surface area contributed by atoms with Crippen LogP contribution in [-0.2, 0) is 4.74 Å². The number of rotatable bonds is 5. The molecule has 106 valence electrons. The normalized spacial score (nSPS) is 10.8. The number of hydrogen-bond donors (Lipinski definition) is 0. The maximum absolute atomic E-state index is 11.7. The third-order valence-corrected chi connectivity index (χ3v) is 3.48. The first-order chi connectivity index (χ1) is 9.56. The Balaban J connectivity index is 2.37. The SMILES string of the molecule is CCOC(=O)c1nn(-c2nc(C(C)C)cs2)cc1C=O. The number of thiazole rings is 1. The van der Waals surface area contributed by atoms with E-state index in [1.54, 1.807) is 6.92 Å². The topological polar surface area (TPSA) is 74.1 Å². The molecule has 0 radical (unpaired) electrons. The second kappa shape index (κ2) is 5.96. The Morgan fingerprint density at radius 3 is 2.85 bits per heavy atom. The second-order valence-electron chi connectivity index (χ2n) is 4.43. The fourth-order valence-corrected chi connectivity index (χ4v) is 2.49. The van der Waals surface area contributed by atoms with Crippen LogP contribution in [0.25, 0.3) is 5.13 Å². The molecular formula is C13H15N3O3S. The van der Waals surface area contributed by atoms with E-state index in [1.165, 1.54) is 22.2 Å². The summed E-state index contributed by atoms with van der Waals surface area (Å²) in [5, 5.41) is 6.66. The molecule has 20 heavy (non-hydrogen) atoms. The van der Waals surface area contributed by atoms with Gasteiger partial charge in [0.2, 0.25) is 5.13 Å². The maximum atomic E-state index is 11.7. The van der Waals surface area contributed by atoms with Crippen molar-refractivity contribution in [2.45, 2.75) is 26.7 Å². The molecule has 0 amide bonds. The van der Waals surface area contributed by atoms with Crippen LogP contribution in [0.4, 0.5) is 0 Å². The van der Waals surface area contributed by atoms with Gasteiger partial charge in [0.15, 0.2) is 12.0 Å². The molecule has 0 aromatic carbocycles. The summed E-state index contributed by atoms with van der Waals surface area (Å²) in [5.41, 5.74) is 1.17. The minimum atomic E-state index is -0.603. The summed E-state index contributed by atoms with van der Waals surface area (Å²) in [6, 6.07) is 0. The quantitative estimate of drug-likeness (QED) is 0.625. The van der Waals surface area contributed by atoms with Crippen molar-refractivity contribution in [1.82, 2.24) is 14.8 Å². The van der Waals surface area contributed by atoms with Gasteiger partial charge in [0.25, 0.3) is 0 Å². The average Bonchev–Trinajstić information content (AvgIpc) is 3.05. The third kappa shape index (κ3) is 2.77. The highest BCUT2D eigenvalue weighted by Gasteiger charge is 2.19. The molecule has 7 heteroatoms. The predicted octanol–water partition coefficient (Wildman–Crippen LogP) is 2.44. The van der Waals surface area contributed by atoms with Crippen LogP contribution in [0.3, 0.4) is 0 Å². The number of aromatic nitrogens is 3. The summed E-state index contributed by atoms with van der Waals surface area (Å²) in [6.07, 6.45) is 2.08. The van der Waals surface area contributed by atoms with E-state index in [0.717, 1.165) is 5.69 Å². The van der Waals surface area contributed by atoms with Crippen LogP contribution in [0.15, 0.2) is 11.6 Å². The fraction of sp³-hybridized carbons (Fsp3) is 0.385. The predicted molar refractivity (Wildman–Crippen MR) is 74.7 cm³/mol. The Morgan fingerprint density at radius 1 is 1.55 bits per heavy atom. The van der Waals surface area contributed by atoms with Crippen molar-refractivity contribution >= 4 is 23.6 Å². The van der Waals surface area contributed by atoms with Gasteiger partial charge in [-0.25, -0.2) is 14.5 Å². The minimum Gasteiger partial charge on any atom is -0.461 e. The molecule has 0 aliphatic rings. The number of esters is 1. The summed E-state index contributed by atoms with van der Waals surface area (Å²) in [4.78, 5) is 27.1. The average molecular weight is 293 g/mol. The van der Waals surface area contributed by atoms with Gasteiger partial charge < -0.3 is 4.74 Å². The highest BCUT2D eigenvalue weighted by atomic mass is 32.1. The number of nitrogens with zero attached hydrogens (tertiary/aromatic N) is 3.